The number of carboxylic acids is 2. The average molecular weight is 321 g/mol. The van der Waals surface area contributed by atoms with Gasteiger partial charge in [-0.2, -0.15) is 5.10 Å². The first kappa shape index (κ1) is 18.2. The molecule has 1 atom stereocenters. The van der Waals surface area contributed by atoms with Gasteiger partial charge in [0.1, 0.15) is 5.75 Å². The number of aromatic amines is 1. The largest absolute Gasteiger partial charge is 0.497 e. The average Bonchev–Trinajstić information content (AvgIpc) is 2.87. The van der Waals surface area contributed by atoms with Crippen LogP contribution in [-0.2, 0) is 16.0 Å². The number of carbonyl (C=O) groups is 2. The van der Waals surface area contributed by atoms with Gasteiger partial charge in [0.2, 0.25) is 0 Å². The molecule has 1 heterocycles. The summed E-state index contributed by atoms with van der Waals surface area (Å²) < 4.78 is 5.18. The molecule has 2 aromatic rings. The van der Waals surface area contributed by atoms with Gasteiger partial charge in [0, 0.05) is 30.0 Å². The van der Waals surface area contributed by atoms with Gasteiger partial charge in [-0.25, -0.2) is 9.59 Å². The van der Waals surface area contributed by atoms with E-state index in [1.807, 2.05) is 25.1 Å². The normalized spacial score (nSPS) is 11.8. The molecule has 0 bridgehead atoms. The first-order valence-corrected chi connectivity index (χ1v) is 6.74. The number of aromatic nitrogens is 2. The molecular formula is C15H19N3O5. The van der Waals surface area contributed by atoms with Crippen molar-refractivity contribution in [2.75, 3.05) is 7.11 Å². The lowest BCUT2D eigenvalue weighted by Crippen LogP contribution is -2.18. The number of hydrogen-bond donors (Lipinski definition) is 4. The molecule has 0 radical (unpaired) electrons. The minimum Gasteiger partial charge on any atom is -0.497 e. The Balaban J connectivity index is 0.000000284. The van der Waals surface area contributed by atoms with Crippen LogP contribution in [0.25, 0.3) is 10.9 Å². The van der Waals surface area contributed by atoms with Crippen LogP contribution >= 0.6 is 0 Å². The second-order valence-corrected chi connectivity index (χ2v) is 4.77. The summed E-state index contributed by atoms with van der Waals surface area (Å²) in [5.41, 5.74) is 7.78. The lowest BCUT2D eigenvalue weighted by Gasteiger charge is -2.02. The smallest absolute Gasteiger partial charge is 0.328 e. The van der Waals surface area contributed by atoms with Gasteiger partial charge >= 0.3 is 11.9 Å². The maximum absolute atomic E-state index is 9.55. The molecule has 0 aliphatic heterocycles. The fourth-order valence-corrected chi connectivity index (χ4v) is 1.78. The molecule has 124 valence electrons. The number of nitrogens with one attached hydrogen (secondary N) is 1. The summed E-state index contributed by atoms with van der Waals surface area (Å²) in [6.07, 6.45) is 1.89. The van der Waals surface area contributed by atoms with E-state index in [0.29, 0.717) is 12.2 Å². The number of H-pyrrole nitrogens is 1. The van der Waals surface area contributed by atoms with E-state index in [2.05, 4.69) is 10.2 Å². The number of fused-ring (bicyclic) bond motifs is 1. The molecule has 1 aromatic carbocycles. The fourth-order valence-electron chi connectivity index (χ4n) is 1.78. The lowest BCUT2D eigenvalue weighted by molar-refractivity contribution is -0.134. The van der Waals surface area contributed by atoms with Crippen LogP contribution in [0.4, 0.5) is 0 Å². The Hall–Kier alpha value is -2.87. The molecule has 2 rings (SSSR count). The Morgan fingerprint density at radius 3 is 2.43 bits per heavy atom. The highest BCUT2D eigenvalue weighted by molar-refractivity contribution is 5.89. The molecule has 23 heavy (non-hydrogen) atoms. The van der Waals surface area contributed by atoms with Gasteiger partial charge < -0.3 is 20.7 Å². The van der Waals surface area contributed by atoms with E-state index in [4.69, 9.17) is 20.7 Å². The minimum atomic E-state index is -1.26. The number of nitrogens with zero attached hydrogens (tertiary/aromatic N) is 1. The number of nitrogens with two attached hydrogens (primary N) is 1. The third-order valence-corrected chi connectivity index (χ3v) is 2.73. The predicted molar refractivity (Wildman–Crippen MR) is 84.4 cm³/mol. The van der Waals surface area contributed by atoms with Gasteiger partial charge in [-0.1, -0.05) is 0 Å². The van der Waals surface area contributed by atoms with E-state index in [1.165, 1.54) is 0 Å². The van der Waals surface area contributed by atoms with E-state index in [1.54, 1.807) is 7.11 Å². The van der Waals surface area contributed by atoms with Crippen molar-refractivity contribution in [1.82, 2.24) is 10.2 Å². The molecule has 0 fully saturated rings. The number of rotatable bonds is 5. The Morgan fingerprint density at radius 2 is 1.96 bits per heavy atom. The molecule has 0 saturated heterocycles. The first-order valence-electron chi connectivity index (χ1n) is 6.74. The Morgan fingerprint density at radius 1 is 1.35 bits per heavy atom. The van der Waals surface area contributed by atoms with E-state index in [0.717, 1.165) is 28.8 Å². The summed E-state index contributed by atoms with van der Waals surface area (Å²) in [6, 6.07) is 5.97. The molecule has 8 nitrogen and oxygen atoms in total. The van der Waals surface area contributed by atoms with Crippen molar-refractivity contribution < 1.29 is 24.5 Å². The van der Waals surface area contributed by atoms with Crippen LogP contribution in [0.5, 0.6) is 5.75 Å². The van der Waals surface area contributed by atoms with Crippen molar-refractivity contribution in [3.63, 3.8) is 0 Å². The van der Waals surface area contributed by atoms with Crippen LogP contribution in [0, 0.1) is 0 Å². The van der Waals surface area contributed by atoms with Crippen LogP contribution in [0.15, 0.2) is 30.4 Å². The summed E-state index contributed by atoms with van der Waals surface area (Å²) in [4.78, 5) is 19.1. The highest BCUT2D eigenvalue weighted by Crippen LogP contribution is 2.22. The second-order valence-electron chi connectivity index (χ2n) is 4.77. The molecule has 0 aliphatic carbocycles. The van der Waals surface area contributed by atoms with Crippen LogP contribution < -0.4 is 10.5 Å². The van der Waals surface area contributed by atoms with Gasteiger partial charge in [-0.3, -0.25) is 5.10 Å². The second kappa shape index (κ2) is 8.54. The van der Waals surface area contributed by atoms with Gasteiger partial charge in [0.05, 0.1) is 18.3 Å². The van der Waals surface area contributed by atoms with Gasteiger partial charge in [0.15, 0.2) is 0 Å². The number of hydrogen-bond acceptors (Lipinski definition) is 5. The van der Waals surface area contributed by atoms with Gasteiger partial charge in [-0.15, -0.1) is 0 Å². The number of benzene rings is 1. The van der Waals surface area contributed by atoms with Crippen LogP contribution in [0.1, 0.15) is 12.6 Å². The monoisotopic (exact) mass is 321 g/mol. The highest BCUT2D eigenvalue weighted by Gasteiger charge is 2.08. The maximum atomic E-state index is 9.55. The fraction of sp³-hybridized carbons (Fsp3) is 0.267. The lowest BCUT2D eigenvalue weighted by atomic mass is 10.1. The molecule has 0 saturated carbocycles. The van der Waals surface area contributed by atoms with Crippen molar-refractivity contribution in [3.05, 3.63) is 36.0 Å². The highest BCUT2D eigenvalue weighted by atomic mass is 16.5. The van der Waals surface area contributed by atoms with Crippen molar-refractivity contribution in [2.24, 2.45) is 5.73 Å². The predicted octanol–water partition coefficient (Wildman–Crippen LogP) is 1.17. The van der Waals surface area contributed by atoms with Crippen LogP contribution in [0.3, 0.4) is 0 Å². The summed E-state index contributed by atoms with van der Waals surface area (Å²) in [5, 5.41) is 23.9. The van der Waals surface area contributed by atoms with Crippen molar-refractivity contribution >= 4 is 22.8 Å². The number of ether oxygens (including phenoxy) is 1. The van der Waals surface area contributed by atoms with E-state index in [-0.39, 0.29) is 6.04 Å². The topological polar surface area (TPSA) is 139 Å². The Kier molecular flexibility index (Phi) is 6.75. The van der Waals surface area contributed by atoms with Crippen LogP contribution in [-0.4, -0.2) is 45.5 Å². The van der Waals surface area contributed by atoms with Gasteiger partial charge in [0.25, 0.3) is 0 Å². The van der Waals surface area contributed by atoms with Crippen LogP contribution in [0.2, 0.25) is 0 Å². The molecule has 1 aromatic heterocycles. The molecule has 5 N–H and O–H groups in total. The number of carboxylic acid groups (broad SMARTS) is 2. The van der Waals surface area contributed by atoms with Gasteiger partial charge in [-0.05, 0) is 25.1 Å². The number of methoxy groups -OCH3 is 1. The summed E-state index contributed by atoms with van der Waals surface area (Å²) in [7, 11) is 1.66. The zero-order valence-corrected chi connectivity index (χ0v) is 12.8. The molecule has 8 heteroatoms. The number of aliphatic carboxylic acids is 2. The minimum absolute atomic E-state index is 0.114. The van der Waals surface area contributed by atoms with E-state index in [9.17, 15) is 9.59 Å². The van der Waals surface area contributed by atoms with Crippen molar-refractivity contribution in [3.8, 4) is 5.75 Å². The Bertz CT molecular complexity index is 690. The summed E-state index contributed by atoms with van der Waals surface area (Å²) in [6.45, 7) is 1.97. The molecule has 0 amide bonds. The third kappa shape index (κ3) is 6.18. The molecule has 0 aliphatic rings. The SMILES string of the molecule is COc1ccc2[nH]nc(CC(C)N)c2c1.O=C(O)C=CC(=O)O. The molecule has 0 spiro atoms. The first-order chi connectivity index (χ1) is 10.8. The zero-order chi connectivity index (χ0) is 17.4. The zero-order valence-electron chi connectivity index (χ0n) is 12.8. The summed E-state index contributed by atoms with van der Waals surface area (Å²) >= 11 is 0. The summed E-state index contributed by atoms with van der Waals surface area (Å²) in [5.74, 6) is -1.67. The molecule has 1 unspecified atom stereocenters. The van der Waals surface area contributed by atoms with E-state index < -0.39 is 11.9 Å². The standard InChI is InChI=1S/C11H15N3O.C4H4O4/c1-7(12)5-11-9-6-8(15-2)3-4-10(9)13-14-11;5-3(6)1-2-4(7)8/h3-4,6-7H,5,12H2,1-2H3,(H,13,14);1-2H,(H,5,6)(H,7,8). The quantitative estimate of drug-likeness (QED) is 0.606. The van der Waals surface area contributed by atoms with E-state index >= 15 is 0 Å². The maximum Gasteiger partial charge on any atom is 0.328 e. The van der Waals surface area contributed by atoms with Crippen molar-refractivity contribution in [1.29, 1.82) is 0 Å². The molecular weight excluding hydrogens is 302 g/mol. The third-order valence-electron chi connectivity index (χ3n) is 2.73. The Labute approximate surface area is 132 Å². The van der Waals surface area contributed by atoms with Crippen molar-refractivity contribution in [2.45, 2.75) is 19.4 Å².